The van der Waals surface area contributed by atoms with Gasteiger partial charge in [-0.1, -0.05) is 30.3 Å². The predicted octanol–water partition coefficient (Wildman–Crippen LogP) is 4.07. The molecule has 158 valence electrons. The summed E-state index contributed by atoms with van der Waals surface area (Å²) in [5, 5.41) is 16.6. The maximum Gasteiger partial charge on any atom is 0.330 e. The molecule has 2 unspecified atom stereocenters. The maximum absolute atomic E-state index is 14.5. The molecule has 1 amide bonds. The van der Waals surface area contributed by atoms with Crippen molar-refractivity contribution in [3.63, 3.8) is 0 Å². The van der Waals surface area contributed by atoms with E-state index < -0.39 is 29.6 Å². The maximum atomic E-state index is 14.5. The smallest absolute Gasteiger partial charge is 0.330 e. The average Bonchev–Trinajstić information content (AvgIpc) is 3.45. The van der Waals surface area contributed by atoms with E-state index >= 15 is 0 Å². The Balaban J connectivity index is 1.56. The number of carbonyl (C=O) groups excluding carboxylic acids is 1. The Morgan fingerprint density at radius 1 is 1.10 bits per heavy atom. The van der Waals surface area contributed by atoms with Crippen molar-refractivity contribution < 1.29 is 23.5 Å². The van der Waals surface area contributed by atoms with Crippen LogP contribution in [0.1, 0.15) is 64.4 Å². The number of benzene rings is 2. The number of hydrogen-bond acceptors (Lipinski definition) is 3. The minimum Gasteiger partial charge on any atom is -0.479 e. The summed E-state index contributed by atoms with van der Waals surface area (Å²) in [6.45, 7) is 0. The van der Waals surface area contributed by atoms with Crippen LogP contribution in [0.5, 0.6) is 0 Å². The summed E-state index contributed by atoms with van der Waals surface area (Å²) < 4.78 is 29.3. The van der Waals surface area contributed by atoms with Crippen molar-refractivity contribution in [3.8, 4) is 5.69 Å². The van der Waals surface area contributed by atoms with Gasteiger partial charge >= 0.3 is 5.97 Å². The van der Waals surface area contributed by atoms with Crippen molar-refractivity contribution in [3.05, 3.63) is 82.7 Å². The van der Waals surface area contributed by atoms with Gasteiger partial charge in [0.05, 0.1) is 5.69 Å². The third-order valence-electron chi connectivity index (χ3n) is 6.20. The molecule has 2 aliphatic rings. The number of fused-ring (bicyclic) bond motifs is 5. The number of rotatable bonds is 5. The van der Waals surface area contributed by atoms with Crippen LogP contribution in [0.4, 0.5) is 8.78 Å². The van der Waals surface area contributed by atoms with Crippen LogP contribution in [0.2, 0.25) is 0 Å². The van der Waals surface area contributed by atoms with Gasteiger partial charge in [0.2, 0.25) is 0 Å². The molecule has 0 radical (unpaired) electrons. The molecule has 1 aromatic heterocycles. The lowest BCUT2D eigenvalue weighted by molar-refractivity contribution is -0.139. The normalized spacial score (nSPS) is 19.8. The summed E-state index contributed by atoms with van der Waals surface area (Å²) >= 11 is 0. The van der Waals surface area contributed by atoms with Crippen LogP contribution < -0.4 is 5.32 Å². The molecule has 2 N–H and O–H groups in total. The van der Waals surface area contributed by atoms with E-state index in [1.807, 2.05) is 0 Å². The molecule has 5 rings (SSSR count). The Kier molecular flexibility index (Phi) is 4.57. The van der Waals surface area contributed by atoms with E-state index in [-0.39, 0.29) is 23.2 Å². The number of hydrogen-bond donors (Lipinski definition) is 2. The highest BCUT2D eigenvalue weighted by Gasteiger charge is 2.44. The van der Waals surface area contributed by atoms with Gasteiger partial charge in [-0.15, -0.1) is 0 Å². The molecule has 1 heterocycles. The zero-order valence-electron chi connectivity index (χ0n) is 16.4. The van der Waals surface area contributed by atoms with E-state index in [1.165, 1.54) is 10.7 Å². The molecule has 0 spiro atoms. The quantitative estimate of drug-likeness (QED) is 0.648. The lowest BCUT2D eigenvalue weighted by Gasteiger charge is -2.16. The van der Waals surface area contributed by atoms with Crippen molar-refractivity contribution in [2.45, 2.75) is 37.1 Å². The lowest BCUT2D eigenvalue weighted by atomic mass is 9.95. The minimum atomic E-state index is -1.24. The molecule has 31 heavy (non-hydrogen) atoms. The van der Waals surface area contributed by atoms with Gasteiger partial charge in [0.1, 0.15) is 11.5 Å². The molecule has 3 aromatic rings. The van der Waals surface area contributed by atoms with E-state index in [1.54, 1.807) is 30.3 Å². The van der Waals surface area contributed by atoms with Crippen LogP contribution >= 0.6 is 0 Å². The van der Waals surface area contributed by atoms with E-state index in [9.17, 15) is 23.5 Å². The van der Waals surface area contributed by atoms with Gasteiger partial charge in [-0.25, -0.2) is 18.3 Å². The van der Waals surface area contributed by atoms with E-state index in [4.69, 9.17) is 0 Å². The fourth-order valence-electron chi connectivity index (χ4n) is 4.87. The largest absolute Gasteiger partial charge is 0.479 e. The van der Waals surface area contributed by atoms with Gasteiger partial charge < -0.3 is 10.4 Å². The summed E-state index contributed by atoms with van der Waals surface area (Å²) in [6, 6.07) is 10.4. The van der Waals surface area contributed by atoms with E-state index in [0.29, 0.717) is 5.56 Å². The molecule has 1 saturated carbocycles. The van der Waals surface area contributed by atoms with Crippen LogP contribution in [0.25, 0.3) is 5.69 Å². The highest BCUT2D eigenvalue weighted by molar-refractivity contribution is 5.97. The predicted molar refractivity (Wildman–Crippen MR) is 107 cm³/mol. The SMILES string of the molecule is O=C(N[C@H](C(=O)O)c1ccccc1)c1nn(-c2ccc(F)cc2F)c2c1C1CCC2C1. The Bertz CT molecular complexity index is 1190. The van der Waals surface area contributed by atoms with Gasteiger partial charge in [-0.05, 0) is 42.9 Å². The highest BCUT2D eigenvalue weighted by Crippen LogP contribution is 2.54. The topological polar surface area (TPSA) is 84.2 Å². The average molecular weight is 423 g/mol. The van der Waals surface area contributed by atoms with Gasteiger partial charge in [-0.2, -0.15) is 5.10 Å². The van der Waals surface area contributed by atoms with Crippen molar-refractivity contribution in [2.24, 2.45) is 0 Å². The van der Waals surface area contributed by atoms with Gasteiger partial charge in [-0.3, -0.25) is 4.79 Å². The summed E-state index contributed by atoms with van der Waals surface area (Å²) in [4.78, 5) is 25.0. The fraction of sp³-hybridized carbons (Fsp3) is 0.261. The number of carboxylic acids is 1. The summed E-state index contributed by atoms with van der Waals surface area (Å²) in [5.41, 5.74) is 2.12. The number of carboxylic acid groups (broad SMARTS) is 1. The second-order valence-electron chi connectivity index (χ2n) is 8.02. The van der Waals surface area contributed by atoms with Crippen LogP contribution in [0.15, 0.2) is 48.5 Å². The summed E-state index contributed by atoms with van der Waals surface area (Å²) in [7, 11) is 0. The number of halogens is 2. The van der Waals surface area contributed by atoms with Gasteiger partial charge in [0.25, 0.3) is 5.91 Å². The lowest BCUT2D eigenvalue weighted by Crippen LogP contribution is -2.34. The first-order valence-electron chi connectivity index (χ1n) is 10.1. The Morgan fingerprint density at radius 3 is 2.55 bits per heavy atom. The number of nitrogens with one attached hydrogen (secondary N) is 1. The first-order valence-corrected chi connectivity index (χ1v) is 10.1. The van der Waals surface area contributed by atoms with Crippen LogP contribution in [-0.4, -0.2) is 26.8 Å². The summed E-state index contributed by atoms with van der Waals surface area (Å²) in [5.74, 6) is -3.02. The fourth-order valence-corrected chi connectivity index (χ4v) is 4.87. The number of nitrogens with zero attached hydrogens (tertiary/aromatic N) is 2. The third kappa shape index (κ3) is 3.19. The molecule has 3 atom stereocenters. The Morgan fingerprint density at radius 2 is 1.84 bits per heavy atom. The Hall–Kier alpha value is -3.55. The van der Waals surface area contributed by atoms with Crippen LogP contribution in [0.3, 0.4) is 0 Å². The number of aliphatic carboxylic acids is 1. The highest BCUT2D eigenvalue weighted by atomic mass is 19.1. The van der Waals surface area contributed by atoms with Crippen LogP contribution in [-0.2, 0) is 4.79 Å². The van der Waals surface area contributed by atoms with Crippen molar-refractivity contribution in [2.75, 3.05) is 0 Å². The molecule has 6 nitrogen and oxygen atoms in total. The number of amides is 1. The van der Waals surface area contributed by atoms with E-state index in [2.05, 4.69) is 10.4 Å². The molecule has 2 bridgehead atoms. The zero-order valence-corrected chi connectivity index (χ0v) is 16.4. The van der Waals surface area contributed by atoms with Crippen molar-refractivity contribution >= 4 is 11.9 Å². The standard InChI is InChI=1S/C23H19F2N3O3/c24-15-8-9-17(16(25)11-15)28-21-14-7-6-13(10-14)18(21)20(27-28)22(29)26-19(23(30)31)12-4-2-1-3-5-12/h1-5,8-9,11,13-14,19H,6-7,10H2,(H,26,29)(H,30,31)/t13?,14?,19-/m0/s1. The third-order valence-corrected chi connectivity index (χ3v) is 6.20. The van der Waals surface area contributed by atoms with Gasteiger partial charge in [0, 0.05) is 17.5 Å². The minimum absolute atomic E-state index is 0.0714. The number of carbonyl (C=O) groups is 2. The van der Waals surface area contributed by atoms with Crippen LogP contribution in [0, 0.1) is 11.6 Å². The van der Waals surface area contributed by atoms with Crippen molar-refractivity contribution in [1.29, 1.82) is 0 Å². The molecule has 2 aromatic carbocycles. The second-order valence-corrected chi connectivity index (χ2v) is 8.02. The molecular weight excluding hydrogens is 404 g/mol. The molecule has 2 aliphatic carbocycles. The molecule has 1 fully saturated rings. The number of aromatic nitrogens is 2. The zero-order chi connectivity index (χ0) is 21.7. The monoisotopic (exact) mass is 423 g/mol. The first-order chi connectivity index (χ1) is 14.9. The molecule has 0 aliphatic heterocycles. The Labute approximate surface area is 176 Å². The molecular formula is C23H19F2N3O3. The van der Waals surface area contributed by atoms with Gasteiger partial charge in [0.15, 0.2) is 17.6 Å². The van der Waals surface area contributed by atoms with E-state index in [0.717, 1.165) is 42.7 Å². The molecule has 0 saturated heterocycles. The van der Waals surface area contributed by atoms with Crippen molar-refractivity contribution in [1.82, 2.24) is 15.1 Å². The molecule has 8 heteroatoms. The summed E-state index contributed by atoms with van der Waals surface area (Å²) in [6.07, 6.45) is 2.66. The first kappa shape index (κ1) is 19.4. The second kappa shape index (κ2) is 7.30.